The smallest absolute Gasteiger partial charge is 0.244 e. The Morgan fingerprint density at radius 1 is 1.00 bits per heavy atom. The lowest BCUT2D eigenvalue weighted by atomic mass is 10.1. The molecule has 3 aromatic rings. The van der Waals surface area contributed by atoms with Crippen molar-refractivity contribution in [3.05, 3.63) is 71.9 Å². The third-order valence-electron chi connectivity index (χ3n) is 3.42. The van der Waals surface area contributed by atoms with Gasteiger partial charge in [-0.2, -0.15) is 10.1 Å². The zero-order valence-corrected chi connectivity index (χ0v) is 13.0. The van der Waals surface area contributed by atoms with E-state index in [0.717, 1.165) is 5.56 Å². The zero-order chi connectivity index (χ0) is 16.6. The summed E-state index contributed by atoms with van der Waals surface area (Å²) in [6.07, 6.45) is 5.57. The fourth-order valence-electron chi connectivity index (χ4n) is 2.17. The summed E-state index contributed by atoms with van der Waals surface area (Å²) in [5.41, 5.74) is 1.74. The van der Waals surface area contributed by atoms with E-state index >= 15 is 0 Å². The van der Waals surface area contributed by atoms with Crippen molar-refractivity contribution in [1.82, 2.24) is 20.2 Å². The van der Waals surface area contributed by atoms with Gasteiger partial charge in [0.1, 0.15) is 5.82 Å². The minimum absolute atomic E-state index is 0.195. The first-order chi connectivity index (χ1) is 11.8. The van der Waals surface area contributed by atoms with Gasteiger partial charge in [0.25, 0.3) is 0 Å². The first kappa shape index (κ1) is 15.8. The maximum atomic E-state index is 13.6. The quantitative estimate of drug-likeness (QED) is 0.696. The Morgan fingerprint density at radius 2 is 1.83 bits per heavy atom. The Kier molecular flexibility index (Phi) is 5.24. The van der Waals surface area contributed by atoms with Gasteiger partial charge in [0.2, 0.25) is 5.95 Å². The normalized spacial score (nSPS) is 10.4. The van der Waals surface area contributed by atoms with Crippen LogP contribution in [0.1, 0.15) is 11.1 Å². The number of rotatable bonds is 7. The zero-order valence-electron chi connectivity index (χ0n) is 13.0. The van der Waals surface area contributed by atoms with Crippen LogP contribution in [0.2, 0.25) is 0 Å². The fourth-order valence-corrected chi connectivity index (χ4v) is 2.17. The third kappa shape index (κ3) is 4.45. The predicted octanol–water partition coefficient (Wildman–Crippen LogP) is 2.67. The molecule has 0 saturated heterocycles. The van der Waals surface area contributed by atoms with Gasteiger partial charge < -0.3 is 10.6 Å². The standard InChI is InChI=1S/C17H17FN6/c18-15-4-2-1-3-14(15)7-10-20-16-12-22-24-17(23-16)21-11-13-5-8-19-9-6-13/h1-6,8-9,12H,7,10-11H2,(H2,20,21,23,24). The molecule has 2 heterocycles. The molecule has 6 nitrogen and oxygen atoms in total. The van der Waals surface area contributed by atoms with Crippen molar-refractivity contribution in [3.8, 4) is 0 Å². The van der Waals surface area contributed by atoms with Crippen LogP contribution in [-0.2, 0) is 13.0 Å². The minimum Gasteiger partial charge on any atom is -0.368 e. The Balaban J connectivity index is 1.52. The highest BCUT2D eigenvalue weighted by Crippen LogP contribution is 2.09. The van der Waals surface area contributed by atoms with Crippen LogP contribution in [0.5, 0.6) is 0 Å². The molecule has 0 aliphatic rings. The average molecular weight is 324 g/mol. The van der Waals surface area contributed by atoms with Gasteiger partial charge in [0.15, 0.2) is 5.82 Å². The van der Waals surface area contributed by atoms with Gasteiger partial charge in [-0.05, 0) is 35.7 Å². The van der Waals surface area contributed by atoms with Gasteiger partial charge in [-0.25, -0.2) is 4.39 Å². The number of benzene rings is 1. The van der Waals surface area contributed by atoms with E-state index in [4.69, 9.17) is 0 Å². The number of pyridine rings is 1. The van der Waals surface area contributed by atoms with Crippen molar-refractivity contribution in [1.29, 1.82) is 0 Å². The first-order valence-electron chi connectivity index (χ1n) is 7.61. The molecule has 2 N–H and O–H groups in total. The fraction of sp³-hybridized carbons (Fsp3) is 0.176. The predicted molar refractivity (Wildman–Crippen MR) is 90.0 cm³/mol. The molecular formula is C17H17FN6. The number of nitrogens with one attached hydrogen (secondary N) is 2. The Hall–Kier alpha value is -3.09. The van der Waals surface area contributed by atoms with Crippen LogP contribution >= 0.6 is 0 Å². The number of anilines is 2. The van der Waals surface area contributed by atoms with E-state index < -0.39 is 0 Å². The summed E-state index contributed by atoms with van der Waals surface area (Å²) >= 11 is 0. The molecule has 0 spiro atoms. The Morgan fingerprint density at radius 3 is 2.67 bits per heavy atom. The molecule has 3 rings (SSSR count). The molecule has 1 aromatic carbocycles. The lowest BCUT2D eigenvalue weighted by molar-refractivity contribution is 0.610. The monoisotopic (exact) mass is 324 g/mol. The van der Waals surface area contributed by atoms with Gasteiger partial charge in [0, 0.05) is 25.5 Å². The lowest BCUT2D eigenvalue weighted by Crippen LogP contribution is -2.10. The Labute approximate surface area is 139 Å². The van der Waals surface area contributed by atoms with Gasteiger partial charge in [-0.15, -0.1) is 5.10 Å². The molecule has 122 valence electrons. The molecular weight excluding hydrogens is 307 g/mol. The minimum atomic E-state index is -0.195. The summed E-state index contributed by atoms with van der Waals surface area (Å²) in [4.78, 5) is 8.31. The number of hydrogen-bond donors (Lipinski definition) is 2. The summed E-state index contributed by atoms with van der Waals surface area (Å²) < 4.78 is 13.6. The SMILES string of the molecule is Fc1ccccc1CCNc1cnnc(NCc2ccncc2)n1. The van der Waals surface area contributed by atoms with Crippen LogP contribution in [0.15, 0.2) is 55.0 Å². The van der Waals surface area contributed by atoms with E-state index in [1.807, 2.05) is 18.2 Å². The number of aromatic nitrogens is 4. The van der Waals surface area contributed by atoms with Gasteiger partial charge >= 0.3 is 0 Å². The molecule has 0 radical (unpaired) electrons. The second-order valence-electron chi connectivity index (χ2n) is 5.14. The lowest BCUT2D eigenvalue weighted by Gasteiger charge is -2.08. The first-order valence-corrected chi connectivity index (χ1v) is 7.61. The van der Waals surface area contributed by atoms with Crippen LogP contribution in [0.4, 0.5) is 16.2 Å². The molecule has 0 unspecified atom stereocenters. The van der Waals surface area contributed by atoms with Crippen LogP contribution in [0, 0.1) is 5.82 Å². The van der Waals surface area contributed by atoms with Gasteiger partial charge in [-0.3, -0.25) is 4.98 Å². The molecule has 0 saturated carbocycles. The highest BCUT2D eigenvalue weighted by molar-refractivity contribution is 5.37. The molecule has 0 atom stereocenters. The maximum absolute atomic E-state index is 13.6. The average Bonchev–Trinajstić information content (AvgIpc) is 2.63. The summed E-state index contributed by atoms with van der Waals surface area (Å²) in [5, 5.41) is 14.1. The van der Waals surface area contributed by atoms with Crippen LogP contribution in [0.25, 0.3) is 0 Å². The van der Waals surface area contributed by atoms with E-state index in [9.17, 15) is 4.39 Å². The molecule has 0 aliphatic carbocycles. The summed E-state index contributed by atoms with van der Waals surface area (Å²) in [6, 6.07) is 10.6. The molecule has 7 heteroatoms. The summed E-state index contributed by atoms with van der Waals surface area (Å²) in [7, 11) is 0. The van der Waals surface area contributed by atoms with Crippen molar-refractivity contribution in [3.63, 3.8) is 0 Å². The van der Waals surface area contributed by atoms with E-state index in [-0.39, 0.29) is 5.82 Å². The molecule has 0 bridgehead atoms. The van der Waals surface area contributed by atoms with Crippen molar-refractivity contribution in [2.24, 2.45) is 0 Å². The van der Waals surface area contributed by atoms with E-state index in [2.05, 4.69) is 30.8 Å². The number of halogens is 1. The van der Waals surface area contributed by atoms with E-state index in [1.165, 1.54) is 6.07 Å². The number of hydrogen-bond acceptors (Lipinski definition) is 6. The highest BCUT2D eigenvalue weighted by atomic mass is 19.1. The van der Waals surface area contributed by atoms with Gasteiger partial charge in [-0.1, -0.05) is 18.2 Å². The van der Waals surface area contributed by atoms with Crippen LogP contribution in [-0.4, -0.2) is 26.7 Å². The van der Waals surface area contributed by atoms with Crippen molar-refractivity contribution in [2.45, 2.75) is 13.0 Å². The molecule has 24 heavy (non-hydrogen) atoms. The van der Waals surface area contributed by atoms with Crippen LogP contribution in [0.3, 0.4) is 0 Å². The van der Waals surface area contributed by atoms with E-state index in [0.29, 0.717) is 36.8 Å². The number of nitrogens with zero attached hydrogens (tertiary/aromatic N) is 4. The van der Waals surface area contributed by atoms with Crippen molar-refractivity contribution in [2.75, 3.05) is 17.2 Å². The largest absolute Gasteiger partial charge is 0.368 e. The van der Waals surface area contributed by atoms with Crippen molar-refractivity contribution < 1.29 is 4.39 Å². The highest BCUT2D eigenvalue weighted by Gasteiger charge is 2.03. The Bertz CT molecular complexity index is 781. The van der Waals surface area contributed by atoms with Crippen LogP contribution < -0.4 is 10.6 Å². The topological polar surface area (TPSA) is 75.6 Å². The van der Waals surface area contributed by atoms with Gasteiger partial charge in [0.05, 0.1) is 6.20 Å². The third-order valence-corrected chi connectivity index (χ3v) is 3.42. The summed E-state index contributed by atoms with van der Waals surface area (Å²) in [6.45, 7) is 1.15. The second-order valence-corrected chi connectivity index (χ2v) is 5.14. The second kappa shape index (κ2) is 7.96. The molecule has 2 aromatic heterocycles. The molecule has 0 amide bonds. The van der Waals surface area contributed by atoms with E-state index in [1.54, 1.807) is 30.7 Å². The maximum Gasteiger partial charge on any atom is 0.244 e. The molecule has 0 fully saturated rings. The molecule has 0 aliphatic heterocycles. The summed E-state index contributed by atoms with van der Waals surface area (Å²) in [5.74, 6) is 0.834. The van der Waals surface area contributed by atoms with Crippen molar-refractivity contribution >= 4 is 11.8 Å².